The molecule has 0 amide bonds. The van der Waals surface area contributed by atoms with Gasteiger partial charge in [-0.15, -0.1) is 0 Å². The molecule has 3 heteroatoms. The summed E-state index contributed by atoms with van der Waals surface area (Å²) < 4.78 is 0. The minimum Gasteiger partial charge on any atom is -0.506 e. The Labute approximate surface area is 100 Å². The molecule has 86 valence electrons. The van der Waals surface area contributed by atoms with Crippen molar-refractivity contribution < 1.29 is 5.11 Å². The van der Waals surface area contributed by atoms with Crippen molar-refractivity contribution in [2.75, 3.05) is 0 Å². The van der Waals surface area contributed by atoms with Crippen LogP contribution in [0.15, 0.2) is 6.07 Å². The molecule has 3 rings (SSSR count). The first-order chi connectivity index (χ1) is 7.62. The second-order valence-electron chi connectivity index (χ2n) is 5.09. The molecule has 2 nitrogen and oxygen atoms in total. The zero-order valence-corrected chi connectivity index (χ0v) is 9.98. The van der Waals surface area contributed by atoms with E-state index < -0.39 is 0 Å². The van der Waals surface area contributed by atoms with Gasteiger partial charge in [0, 0.05) is 11.1 Å². The number of hydrogen-bond donors (Lipinski definition) is 2. The van der Waals surface area contributed by atoms with Crippen molar-refractivity contribution in [3.05, 3.63) is 27.8 Å². The molecule has 16 heavy (non-hydrogen) atoms. The van der Waals surface area contributed by atoms with E-state index in [2.05, 4.69) is 6.07 Å². The van der Waals surface area contributed by atoms with E-state index >= 15 is 0 Å². The van der Waals surface area contributed by atoms with Crippen LogP contribution in [0.3, 0.4) is 0 Å². The lowest BCUT2D eigenvalue weighted by Gasteiger charge is -2.22. The zero-order chi connectivity index (χ0) is 11.3. The zero-order valence-electron chi connectivity index (χ0n) is 9.22. The Morgan fingerprint density at radius 1 is 1.25 bits per heavy atom. The lowest BCUT2D eigenvalue weighted by atomic mass is 9.88. The summed E-state index contributed by atoms with van der Waals surface area (Å²) in [6.07, 6.45) is 6.34. The highest BCUT2D eigenvalue weighted by molar-refractivity contribution is 6.33. The third-order valence-corrected chi connectivity index (χ3v) is 4.29. The molecule has 0 unspecified atom stereocenters. The first-order valence-corrected chi connectivity index (χ1v) is 6.32. The van der Waals surface area contributed by atoms with Crippen LogP contribution in [0.5, 0.6) is 5.75 Å². The number of halogens is 1. The van der Waals surface area contributed by atoms with E-state index in [0.29, 0.717) is 5.02 Å². The summed E-state index contributed by atoms with van der Waals surface area (Å²) in [7, 11) is 0. The highest BCUT2D eigenvalue weighted by atomic mass is 35.5. The molecule has 0 saturated heterocycles. The van der Waals surface area contributed by atoms with Gasteiger partial charge < -0.3 is 10.8 Å². The predicted octanol–water partition coefficient (Wildman–Crippen LogP) is 2.87. The largest absolute Gasteiger partial charge is 0.506 e. The molecule has 3 N–H and O–H groups in total. The number of fused-ring (bicyclic) bond motifs is 1. The Morgan fingerprint density at radius 2 is 1.94 bits per heavy atom. The molecule has 0 aliphatic heterocycles. The van der Waals surface area contributed by atoms with Crippen LogP contribution in [0.25, 0.3) is 0 Å². The number of hydrogen-bond acceptors (Lipinski definition) is 2. The van der Waals surface area contributed by atoms with Crippen molar-refractivity contribution in [1.82, 2.24) is 0 Å². The van der Waals surface area contributed by atoms with Crippen LogP contribution >= 0.6 is 11.6 Å². The summed E-state index contributed by atoms with van der Waals surface area (Å²) >= 11 is 6.24. The third-order valence-electron chi connectivity index (χ3n) is 3.88. The van der Waals surface area contributed by atoms with E-state index in [1.807, 2.05) is 0 Å². The van der Waals surface area contributed by atoms with Crippen LogP contribution in [0.2, 0.25) is 5.02 Å². The molecule has 2 aliphatic carbocycles. The van der Waals surface area contributed by atoms with Crippen molar-refractivity contribution in [2.24, 2.45) is 5.73 Å². The standard InChI is InChI=1S/C13H16ClNO/c14-11-9-4-2-1-3-8(9)7-10(12(11)16)13(15)5-6-13/h7,16H,1-6,15H2. The van der Waals surface area contributed by atoms with Crippen molar-refractivity contribution in [2.45, 2.75) is 44.1 Å². The molecule has 1 fully saturated rings. The third kappa shape index (κ3) is 1.44. The topological polar surface area (TPSA) is 46.2 Å². The molecule has 2 aliphatic rings. The van der Waals surface area contributed by atoms with Crippen LogP contribution in [-0.2, 0) is 18.4 Å². The van der Waals surface area contributed by atoms with Crippen molar-refractivity contribution >= 4 is 11.6 Å². The molecule has 1 aromatic rings. The van der Waals surface area contributed by atoms with Crippen LogP contribution in [0, 0.1) is 0 Å². The Bertz CT molecular complexity index is 452. The van der Waals surface area contributed by atoms with E-state index in [4.69, 9.17) is 17.3 Å². The molecule has 0 atom stereocenters. The molecule has 0 spiro atoms. The van der Waals surface area contributed by atoms with Gasteiger partial charge in [0.05, 0.1) is 5.02 Å². The summed E-state index contributed by atoms with van der Waals surface area (Å²) in [5.74, 6) is 0.224. The van der Waals surface area contributed by atoms with Crippen molar-refractivity contribution in [3.8, 4) is 5.75 Å². The van der Waals surface area contributed by atoms with Gasteiger partial charge in [0.25, 0.3) is 0 Å². The predicted molar refractivity (Wildman–Crippen MR) is 64.9 cm³/mol. The smallest absolute Gasteiger partial charge is 0.139 e. The number of phenols is 1. The number of phenolic OH excluding ortho intramolecular Hbond substituents is 1. The molecule has 0 aromatic heterocycles. The summed E-state index contributed by atoms with van der Waals surface area (Å²) in [5, 5.41) is 10.7. The quantitative estimate of drug-likeness (QED) is 0.789. The van der Waals surface area contributed by atoms with Gasteiger partial charge in [0.2, 0.25) is 0 Å². The monoisotopic (exact) mass is 237 g/mol. The highest BCUT2D eigenvalue weighted by Gasteiger charge is 2.43. The Kier molecular flexibility index (Phi) is 2.20. The Balaban J connectivity index is 2.17. The fourth-order valence-electron chi connectivity index (χ4n) is 2.63. The molecular formula is C13H16ClNO. The van der Waals surface area contributed by atoms with Gasteiger partial charge in [-0.25, -0.2) is 0 Å². The van der Waals surface area contributed by atoms with Crippen LogP contribution in [0.1, 0.15) is 42.4 Å². The van der Waals surface area contributed by atoms with E-state index in [1.165, 1.54) is 18.4 Å². The summed E-state index contributed by atoms with van der Waals surface area (Å²) in [4.78, 5) is 0. The SMILES string of the molecule is NC1(c2cc3c(c(Cl)c2O)CCCC3)CC1. The minimum atomic E-state index is -0.305. The van der Waals surface area contributed by atoms with Crippen molar-refractivity contribution in [3.63, 3.8) is 0 Å². The van der Waals surface area contributed by atoms with E-state index in [1.54, 1.807) is 0 Å². The lowest BCUT2D eigenvalue weighted by molar-refractivity contribution is 0.457. The fourth-order valence-corrected chi connectivity index (χ4v) is 2.94. The van der Waals surface area contributed by atoms with Gasteiger partial charge in [-0.3, -0.25) is 0 Å². The maximum atomic E-state index is 10.1. The molecule has 1 aromatic carbocycles. The Morgan fingerprint density at radius 3 is 2.62 bits per heavy atom. The lowest BCUT2D eigenvalue weighted by Crippen LogP contribution is -2.20. The first-order valence-electron chi connectivity index (χ1n) is 5.94. The van der Waals surface area contributed by atoms with Gasteiger partial charge in [-0.2, -0.15) is 0 Å². The molecule has 0 radical (unpaired) electrons. The van der Waals surface area contributed by atoms with E-state index in [-0.39, 0.29) is 11.3 Å². The van der Waals surface area contributed by atoms with Crippen LogP contribution < -0.4 is 5.73 Å². The maximum Gasteiger partial charge on any atom is 0.139 e. The number of rotatable bonds is 1. The van der Waals surface area contributed by atoms with Gasteiger partial charge in [-0.05, 0) is 55.7 Å². The van der Waals surface area contributed by atoms with Gasteiger partial charge in [-0.1, -0.05) is 11.6 Å². The first kappa shape index (κ1) is 10.4. The average molecular weight is 238 g/mol. The number of nitrogens with two attached hydrogens (primary N) is 1. The maximum absolute atomic E-state index is 10.1. The number of benzene rings is 1. The van der Waals surface area contributed by atoms with Gasteiger partial charge >= 0.3 is 0 Å². The van der Waals surface area contributed by atoms with E-state index in [0.717, 1.165) is 36.8 Å². The summed E-state index contributed by atoms with van der Waals surface area (Å²) in [5.41, 5.74) is 9.14. The minimum absolute atomic E-state index is 0.224. The molecule has 1 saturated carbocycles. The van der Waals surface area contributed by atoms with Crippen molar-refractivity contribution in [1.29, 1.82) is 0 Å². The van der Waals surface area contributed by atoms with Crippen LogP contribution in [-0.4, -0.2) is 5.11 Å². The van der Waals surface area contributed by atoms with Gasteiger partial charge in [0.1, 0.15) is 5.75 Å². The second-order valence-corrected chi connectivity index (χ2v) is 5.47. The number of aryl methyl sites for hydroxylation is 1. The molecule has 0 bridgehead atoms. The average Bonchev–Trinajstić information content (AvgIpc) is 3.03. The molecular weight excluding hydrogens is 222 g/mol. The van der Waals surface area contributed by atoms with Gasteiger partial charge in [0.15, 0.2) is 0 Å². The molecule has 0 heterocycles. The highest BCUT2D eigenvalue weighted by Crippen LogP contribution is 2.50. The summed E-state index contributed by atoms with van der Waals surface area (Å²) in [6, 6.07) is 2.09. The summed E-state index contributed by atoms with van der Waals surface area (Å²) in [6.45, 7) is 0. The second kappa shape index (κ2) is 3.38. The number of aromatic hydroxyl groups is 1. The van der Waals surface area contributed by atoms with E-state index in [9.17, 15) is 5.11 Å². The Hall–Kier alpha value is -0.730. The normalized spacial score (nSPS) is 21.6. The fraction of sp³-hybridized carbons (Fsp3) is 0.538. The van der Waals surface area contributed by atoms with Crippen LogP contribution in [0.4, 0.5) is 0 Å².